The van der Waals surface area contributed by atoms with Gasteiger partial charge in [-0.3, -0.25) is 4.99 Å². The molecule has 3 nitrogen and oxygen atoms in total. The number of aliphatic hydroxyl groups is 1. The Morgan fingerprint density at radius 1 is 1.57 bits per heavy atom. The van der Waals surface area contributed by atoms with Crippen molar-refractivity contribution in [3.05, 3.63) is 0 Å². The molecule has 0 spiro atoms. The molecular weight excluding hydrogens is 196 g/mol. The van der Waals surface area contributed by atoms with E-state index in [1.54, 1.807) is 11.8 Å². The molecule has 0 saturated heterocycles. The van der Waals surface area contributed by atoms with Gasteiger partial charge in [-0.2, -0.15) is 0 Å². The van der Waals surface area contributed by atoms with E-state index >= 15 is 0 Å². The van der Waals surface area contributed by atoms with Crippen molar-refractivity contribution in [2.75, 3.05) is 13.7 Å². The van der Waals surface area contributed by atoms with Crippen LogP contribution in [-0.2, 0) is 0 Å². The molecule has 1 saturated carbocycles. The first kappa shape index (κ1) is 12.0. The zero-order valence-electron chi connectivity index (χ0n) is 9.16. The molecule has 0 aromatic heterocycles. The van der Waals surface area contributed by atoms with Crippen molar-refractivity contribution in [3.63, 3.8) is 0 Å². The predicted octanol–water partition coefficient (Wildman–Crippen LogP) is 1.47. The Morgan fingerprint density at radius 3 is 2.64 bits per heavy atom. The van der Waals surface area contributed by atoms with E-state index in [4.69, 9.17) is 0 Å². The van der Waals surface area contributed by atoms with Gasteiger partial charge in [-0.1, -0.05) is 6.92 Å². The quantitative estimate of drug-likeness (QED) is 0.540. The molecule has 0 heterocycles. The van der Waals surface area contributed by atoms with Crippen LogP contribution in [0.2, 0.25) is 0 Å². The third kappa shape index (κ3) is 3.98. The molecule has 0 radical (unpaired) electrons. The average Bonchev–Trinajstić information content (AvgIpc) is 2.94. The van der Waals surface area contributed by atoms with Gasteiger partial charge < -0.3 is 10.4 Å². The number of hydrogen-bond donors (Lipinski definition) is 2. The summed E-state index contributed by atoms with van der Waals surface area (Å²) in [6, 6.07) is 0. The maximum absolute atomic E-state index is 9.41. The van der Waals surface area contributed by atoms with Crippen LogP contribution in [0.4, 0.5) is 0 Å². The summed E-state index contributed by atoms with van der Waals surface area (Å²) in [5.41, 5.74) is 0. The summed E-state index contributed by atoms with van der Waals surface area (Å²) in [6.45, 7) is 4.57. The summed E-state index contributed by atoms with van der Waals surface area (Å²) in [7, 11) is 1.90. The van der Waals surface area contributed by atoms with E-state index in [-0.39, 0.29) is 11.4 Å². The van der Waals surface area contributed by atoms with E-state index in [9.17, 15) is 5.11 Å². The SMILES string of the molecule is CNCN=C(SC(C)[C@H](C)O)C1CC1. The maximum Gasteiger partial charge on any atom is 0.0891 e. The summed E-state index contributed by atoms with van der Waals surface area (Å²) >= 11 is 1.72. The van der Waals surface area contributed by atoms with Crippen LogP contribution in [0.5, 0.6) is 0 Å². The van der Waals surface area contributed by atoms with Crippen LogP contribution in [-0.4, -0.2) is 35.2 Å². The second kappa shape index (κ2) is 5.73. The van der Waals surface area contributed by atoms with Crippen LogP contribution < -0.4 is 5.32 Å². The van der Waals surface area contributed by atoms with Gasteiger partial charge in [0.25, 0.3) is 0 Å². The molecule has 2 N–H and O–H groups in total. The summed E-state index contributed by atoms with van der Waals surface area (Å²) in [5.74, 6) is 0.676. The molecule has 14 heavy (non-hydrogen) atoms. The monoisotopic (exact) mass is 216 g/mol. The van der Waals surface area contributed by atoms with Crippen LogP contribution in [0.15, 0.2) is 4.99 Å². The van der Waals surface area contributed by atoms with Crippen molar-refractivity contribution >= 4 is 16.8 Å². The molecule has 2 atom stereocenters. The molecular formula is C10H20N2OS. The van der Waals surface area contributed by atoms with Gasteiger partial charge in [-0.25, -0.2) is 0 Å². The fourth-order valence-corrected chi connectivity index (χ4v) is 2.18. The lowest BCUT2D eigenvalue weighted by molar-refractivity contribution is 0.196. The average molecular weight is 216 g/mol. The maximum atomic E-state index is 9.41. The summed E-state index contributed by atoms with van der Waals surface area (Å²) in [4.78, 5) is 4.48. The molecule has 1 aliphatic rings. The fraction of sp³-hybridized carbons (Fsp3) is 0.900. The number of aliphatic hydroxyl groups excluding tert-OH is 1. The first-order valence-electron chi connectivity index (χ1n) is 5.18. The second-order valence-corrected chi connectivity index (χ2v) is 5.24. The van der Waals surface area contributed by atoms with E-state index in [0.717, 1.165) is 0 Å². The van der Waals surface area contributed by atoms with Crippen LogP contribution in [0, 0.1) is 5.92 Å². The van der Waals surface area contributed by atoms with Crippen molar-refractivity contribution < 1.29 is 5.11 Å². The molecule has 0 bridgehead atoms. The van der Waals surface area contributed by atoms with Gasteiger partial charge in [0.2, 0.25) is 0 Å². The predicted molar refractivity (Wildman–Crippen MR) is 62.8 cm³/mol. The number of hydrogen-bond acceptors (Lipinski definition) is 4. The van der Waals surface area contributed by atoms with Gasteiger partial charge in [-0.05, 0) is 26.8 Å². The minimum atomic E-state index is -0.265. The standard InChI is InChI=1S/C10H20N2OS/c1-7(13)8(2)14-10(9-4-5-9)12-6-11-3/h7-9,11,13H,4-6H2,1-3H3/t7-,8?/m0/s1. The first-order valence-corrected chi connectivity index (χ1v) is 6.06. The van der Waals surface area contributed by atoms with E-state index in [0.29, 0.717) is 12.6 Å². The Labute approximate surface area is 90.4 Å². The Morgan fingerprint density at radius 2 is 2.21 bits per heavy atom. The van der Waals surface area contributed by atoms with Crippen molar-refractivity contribution in [2.24, 2.45) is 10.9 Å². The fourth-order valence-electron chi connectivity index (χ4n) is 1.04. The number of nitrogens with one attached hydrogen (secondary N) is 1. The van der Waals surface area contributed by atoms with Gasteiger partial charge in [-0.15, -0.1) is 11.8 Å². The molecule has 0 aromatic carbocycles. The van der Waals surface area contributed by atoms with Gasteiger partial charge in [0.15, 0.2) is 0 Å². The normalized spacial score (nSPS) is 22.1. The third-order valence-electron chi connectivity index (χ3n) is 2.31. The molecule has 1 rings (SSSR count). The van der Waals surface area contributed by atoms with E-state index in [2.05, 4.69) is 10.3 Å². The number of rotatable bonds is 5. The van der Waals surface area contributed by atoms with Crippen LogP contribution in [0.25, 0.3) is 0 Å². The van der Waals surface area contributed by atoms with E-state index < -0.39 is 0 Å². The Kier molecular flexibility index (Phi) is 4.92. The summed E-state index contributed by atoms with van der Waals surface area (Å²) in [5, 5.41) is 13.9. The lowest BCUT2D eigenvalue weighted by Gasteiger charge is -2.15. The smallest absolute Gasteiger partial charge is 0.0891 e. The molecule has 1 fully saturated rings. The van der Waals surface area contributed by atoms with Crippen molar-refractivity contribution in [1.29, 1.82) is 0 Å². The highest BCUT2D eigenvalue weighted by atomic mass is 32.2. The molecule has 0 amide bonds. The first-order chi connectivity index (χ1) is 6.65. The zero-order valence-corrected chi connectivity index (χ0v) is 9.97. The molecule has 1 unspecified atom stereocenters. The third-order valence-corrected chi connectivity index (χ3v) is 3.78. The highest BCUT2D eigenvalue weighted by Gasteiger charge is 2.29. The Bertz CT molecular complexity index is 202. The topological polar surface area (TPSA) is 44.6 Å². The van der Waals surface area contributed by atoms with Gasteiger partial charge in [0, 0.05) is 11.2 Å². The minimum absolute atomic E-state index is 0.242. The molecule has 1 aliphatic carbocycles. The zero-order chi connectivity index (χ0) is 10.6. The van der Waals surface area contributed by atoms with Gasteiger partial charge in [0.1, 0.15) is 0 Å². The van der Waals surface area contributed by atoms with Crippen LogP contribution >= 0.6 is 11.8 Å². The lowest BCUT2D eigenvalue weighted by Crippen LogP contribution is -2.19. The molecule has 82 valence electrons. The number of thioether (sulfide) groups is 1. The molecule has 0 aliphatic heterocycles. The second-order valence-electron chi connectivity index (χ2n) is 3.85. The molecule has 0 aromatic rings. The highest BCUT2D eigenvalue weighted by Crippen LogP contribution is 2.36. The van der Waals surface area contributed by atoms with Gasteiger partial charge >= 0.3 is 0 Å². The van der Waals surface area contributed by atoms with Crippen molar-refractivity contribution in [2.45, 2.75) is 38.0 Å². The van der Waals surface area contributed by atoms with Crippen LogP contribution in [0.1, 0.15) is 26.7 Å². The summed E-state index contributed by atoms with van der Waals surface area (Å²) in [6.07, 6.45) is 2.27. The van der Waals surface area contributed by atoms with Crippen molar-refractivity contribution in [3.8, 4) is 0 Å². The molecule has 4 heteroatoms. The lowest BCUT2D eigenvalue weighted by atomic mass is 10.3. The minimum Gasteiger partial charge on any atom is -0.392 e. The Hall–Kier alpha value is -0.0600. The number of aliphatic imine (C=N–C) groups is 1. The summed E-state index contributed by atoms with van der Waals surface area (Å²) < 4.78 is 0. The van der Waals surface area contributed by atoms with Crippen LogP contribution in [0.3, 0.4) is 0 Å². The van der Waals surface area contributed by atoms with E-state index in [1.807, 2.05) is 20.9 Å². The van der Waals surface area contributed by atoms with E-state index in [1.165, 1.54) is 17.9 Å². The number of nitrogens with zero attached hydrogens (tertiary/aromatic N) is 1. The Balaban J connectivity index is 2.42. The highest BCUT2D eigenvalue weighted by molar-refractivity contribution is 8.14. The van der Waals surface area contributed by atoms with Gasteiger partial charge in [0.05, 0.1) is 17.8 Å². The van der Waals surface area contributed by atoms with Crippen molar-refractivity contribution in [1.82, 2.24) is 5.32 Å². The largest absolute Gasteiger partial charge is 0.392 e.